The van der Waals surface area contributed by atoms with Crippen molar-refractivity contribution < 1.29 is 82.4 Å². The molecular formula is C74H111N17O17. The smallest absolute Gasteiger partial charge is 0.326 e. The average Bonchev–Trinajstić information content (AvgIpc) is 1.59. The molecule has 1 fully saturated rings. The van der Waals surface area contributed by atoms with Crippen LogP contribution >= 0.6 is 0 Å². The number of carboxylic acid groups (broad SMARTS) is 1. The standard InChI is InChI=1S/C74H111N17O17/c1-9-43(8)61(71(105)88-56(39-92)68(102)87-55(73(107)108)35-41(4)5)90-64(98)50(29-31-59(77)95)82-70(104)60(42(6)7)89-67(101)52(34-40(2)3)84-65(99)53(37-45-20-14-11-15-21-45)85-66(100)54(38-46-24-26-47(93)27-25-46)86-69(103)57-23-17-33-91(57)72(106)51(22-16-32-80-74(78)79)83-63(97)49(28-30-58(76)94)81-62(96)48(75)36-44-18-12-10-13-19-44/h10-15,18-21,24-27,40-43,48-57,60-61,92-93H,9,16-17,22-23,28-39,75H2,1-8H3,(H2,76,94)(H2,77,95)(H,81,96)(H,82,104)(H,83,97)(H,84,99)(H,85,100)(H,86,103)(H,87,102)(H,88,105)(H,89,101)(H,90,98)(H,107,108)(H4,78,79,80)/t43-,48-,49-,50-,51-,52-,53-,54-,55-,56-,57-,60-,61-/m0/s1. The summed E-state index contributed by atoms with van der Waals surface area (Å²) < 4.78 is 0. The number of primary amides is 2. The van der Waals surface area contributed by atoms with E-state index in [9.17, 15) is 77.6 Å². The molecule has 0 spiro atoms. The second-order valence-electron chi connectivity index (χ2n) is 28.4. The minimum Gasteiger partial charge on any atom is -0.508 e. The normalized spacial score (nSPS) is 16.0. The Morgan fingerprint density at radius 2 is 0.917 bits per heavy atom. The highest BCUT2D eigenvalue weighted by Gasteiger charge is 2.42. The number of nitrogens with zero attached hydrogens (tertiary/aromatic N) is 2. The van der Waals surface area contributed by atoms with Crippen LogP contribution < -0.4 is 81.8 Å². The fraction of sp³-hybridized carbons (Fsp3) is 0.554. The lowest BCUT2D eigenvalue weighted by Gasteiger charge is -2.31. The molecule has 0 aromatic heterocycles. The highest BCUT2D eigenvalue weighted by molar-refractivity contribution is 6.00. The Bertz CT molecular complexity index is 3560. The first-order valence-corrected chi connectivity index (χ1v) is 36.4. The van der Waals surface area contributed by atoms with Gasteiger partial charge in [0.1, 0.15) is 72.2 Å². The predicted molar refractivity (Wildman–Crippen MR) is 399 cm³/mol. The van der Waals surface area contributed by atoms with Crippen LogP contribution in [0, 0.1) is 23.7 Å². The van der Waals surface area contributed by atoms with Crippen molar-refractivity contribution in [1.29, 1.82) is 0 Å². The number of carboxylic acids is 1. The minimum absolute atomic E-state index is 0.00273. The van der Waals surface area contributed by atoms with Crippen LogP contribution in [0.3, 0.4) is 0 Å². The SMILES string of the molecule is CC[C@H](C)[C@H](NC(=O)[C@H](CCC(N)=O)NC(=O)[C@@H](NC(=O)[C@H](CC(C)C)NC(=O)[C@H](Cc1ccccc1)NC(=O)[C@H](Cc1ccc(O)cc1)NC(=O)[C@@H]1CCCN1C(=O)[C@H](CCCN=C(N)N)NC(=O)[C@H](CCC(N)=O)NC(=O)[C@@H](N)Cc1ccccc1)C(C)C)C(=O)N[C@@H](CO)C(=O)N[C@@H](CC(C)C)C(=O)O. The summed E-state index contributed by atoms with van der Waals surface area (Å²) in [5.41, 5.74) is 30.1. The van der Waals surface area contributed by atoms with E-state index in [1.807, 2.05) is 0 Å². The molecule has 0 bridgehead atoms. The van der Waals surface area contributed by atoms with Gasteiger partial charge in [-0.25, -0.2) is 4.79 Å². The molecule has 34 heteroatoms. The van der Waals surface area contributed by atoms with Gasteiger partial charge in [-0.1, -0.05) is 135 Å². The van der Waals surface area contributed by atoms with Crippen LogP contribution in [0.15, 0.2) is 89.9 Å². The molecule has 108 heavy (non-hydrogen) atoms. The lowest BCUT2D eigenvalue weighted by Crippen LogP contribution is -2.62. The maximum Gasteiger partial charge on any atom is 0.326 e. The Labute approximate surface area is 628 Å². The second kappa shape index (κ2) is 45.0. The molecular weight excluding hydrogens is 1400 g/mol. The van der Waals surface area contributed by atoms with Crippen molar-refractivity contribution >= 4 is 88.7 Å². The molecule has 594 valence electrons. The number of hydrogen-bond donors (Lipinski definition) is 18. The van der Waals surface area contributed by atoms with Crippen LogP contribution in [0.5, 0.6) is 5.75 Å². The summed E-state index contributed by atoms with van der Waals surface area (Å²) in [7, 11) is 0. The first-order chi connectivity index (χ1) is 51.0. The number of carbonyl (C=O) groups excluding carboxylic acids is 13. The van der Waals surface area contributed by atoms with Crippen LogP contribution in [0.2, 0.25) is 0 Å². The number of aromatic hydroxyl groups is 1. The zero-order chi connectivity index (χ0) is 80.5. The lowest BCUT2D eigenvalue weighted by atomic mass is 9.96. The number of phenols is 1. The van der Waals surface area contributed by atoms with Crippen molar-refractivity contribution in [2.75, 3.05) is 19.7 Å². The molecule has 1 heterocycles. The third kappa shape index (κ3) is 30.6. The van der Waals surface area contributed by atoms with E-state index in [4.69, 9.17) is 28.7 Å². The number of aliphatic imine (C=N–C) groups is 1. The molecule has 0 unspecified atom stereocenters. The van der Waals surface area contributed by atoms with Crippen LogP contribution in [-0.2, 0) is 86.4 Å². The Hall–Kier alpha value is -10.8. The van der Waals surface area contributed by atoms with Gasteiger partial charge >= 0.3 is 5.97 Å². The molecule has 13 atom stereocenters. The lowest BCUT2D eigenvalue weighted by molar-refractivity contribution is -0.143. The first kappa shape index (κ1) is 89.6. The van der Waals surface area contributed by atoms with Crippen molar-refractivity contribution in [2.24, 2.45) is 57.3 Å². The van der Waals surface area contributed by atoms with Crippen molar-refractivity contribution in [1.82, 2.24) is 58.1 Å². The van der Waals surface area contributed by atoms with E-state index >= 15 is 4.79 Å². The summed E-state index contributed by atoms with van der Waals surface area (Å²) >= 11 is 0. The van der Waals surface area contributed by atoms with Crippen molar-refractivity contribution in [3.8, 4) is 5.75 Å². The largest absolute Gasteiger partial charge is 0.508 e. The highest BCUT2D eigenvalue weighted by atomic mass is 16.4. The number of rotatable bonds is 46. The molecule has 3 aromatic carbocycles. The Morgan fingerprint density at radius 3 is 1.43 bits per heavy atom. The van der Waals surface area contributed by atoms with Gasteiger partial charge in [-0.05, 0) is 110 Å². The van der Waals surface area contributed by atoms with E-state index in [0.29, 0.717) is 11.1 Å². The van der Waals surface area contributed by atoms with Crippen LogP contribution in [0.4, 0.5) is 0 Å². The third-order valence-corrected chi connectivity index (χ3v) is 18.1. The van der Waals surface area contributed by atoms with Gasteiger partial charge in [0.15, 0.2) is 5.96 Å². The fourth-order valence-corrected chi connectivity index (χ4v) is 12.0. The summed E-state index contributed by atoms with van der Waals surface area (Å²) in [4.78, 5) is 200. The van der Waals surface area contributed by atoms with Crippen molar-refractivity contribution in [2.45, 2.75) is 218 Å². The van der Waals surface area contributed by atoms with E-state index in [1.54, 1.807) is 116 Å². The number of carbonyl (C=O) groups is 14. The third-order valence-electron chi connectivity index (χ3n) is 18.1. The summed E-state index contributed by atoms with van der Waals surface area (Å²) in [6.45, 7) is 12.5. The zero-order valence-electron chi connectivity index (χ0n) is 62.7. The number of likely N-dealkylation sites (tertiary alicyclic amines) is 1. The maximum atomic E-state index is 15.1. The van der Waals surface area contributed by atoms with Gasteiger partial charge in [0.2, 0.25) is 76.8 Å². The number of guanidine groups is 1. The topological polar surface area (TPSA) is 566 Å². The number of phenolic OH excluding ortho intramolecular Hbond substituents is 1. The molecule has 4 rings (SSSR count). The number of aliphatic hydroxyl groups is 1. The molecule has 34 nitrogen and oxygen atoms in total. The molecule has 13 amide bonds. The van der Waals surface area contributed by atoms with Crippen molar-refractivity contribution in [3.63, 3.8) is 0 Å². The monoisotopic (exact) mass is 1510 g/mol. The van der Waals surface area contributed by atoms with Gasteiger partial charge in [0.05, 0.1) is 12.6 Å². The van der Waals surface area contributed by atoms with E-state index in [0.717, 1.165) is 5.56 Å². The van der Waals surface area contributed by atoms with Gasteiger partial charge in [0, 0.05) is 38.8 Å². The van der Waals surface area contributed by atoms with Gasteiger partial charge in [0.25, 0.3) is 0 Å². The Balaban J connectivity index is 1.64. The molecule has 1 saturated heterocycles. The number of hydrogen-bond acceptors (Lipinski definition) is 18. The summed E-state index contributed by atoms with van der Waals surface area (Å²) in [6.07, 6.45) is -1.14. The van der Waals surface area contributed by atoms with Crippen LogP contribution in [-0.4, -0.2) is 201 Å². The number of nitrogens with two attached hydrogens (primary N) is 5. The highest BCUT2D eigenvalue weighted by Crippen LogP contribution is 2.22. The number of aliphatic carboxylic acids is 1. The first-order valence-electron chi connectivity index (χ1n) is 36.4. The average molecular weight is 1510 g/mol. The molecule has 3 aromatic rings. The number of aliphatic hydroxyl groups excluding tert-OH is 1. The van der Waals surface area contributed by atoms with E-state index in [2.05, 4.69) is 58.2 Å². The zero-order valence-corrected chi connectivity index (χ0v) is 62.7. The second-order valence-corrected chi connectivity index (χ2v) is 28.4. The summed E-state index contributed by atoms with van der Waals surface area (Å²) in [5.74, 6) is -14.9. The summed E-state index contributed by atoms with van der Waals surface area (Å²) in [5, 5.41) is 56.2. The minimum atomic E-state index is -1.65. The maximum absolute atomic E-state index is 15.1. The van der Waals surface area contributed by atoms with E-state index < -0.39 is 187 Å². The fourth-order valence-electron chi connectivity index (χ4n) is 12.0. The number of nitrogens with one attached hydrogen (secondary N) is 10. The van der Waals surface area contributed by atoms with Crippen molar-refractivity contribution in [3.05, 3.63) is 102 Å². The molecule has 1 aliphatic rings. The van der Waals surface area contributed by atoms with Gasteiger partial charge < -0.3 is 102 Å². The molecule has 0 saturated carbocycles. The molecule has 0 aliphatic carbocycles. The molecule has 1 aliphatic heterocycles. The Kier molecular flexibility index (Phi) is 37.4. The molecule has 0 radical (unpaired) electrons. The van der Waals surface area contributed by atoms with Crippen LogP contribution in [0.25, 0.3) is 0 Å². The summed E-state index contributed by atoms with van der Waals surface area (Å²) in [6, 6.07) is 5.99. The van der Waals surface area contributed by atoms with Gasteiger partial charge in [-0.3, -0.25) is 67.3 Å². The van der Waals surface area contributed by atoms with E-state index in [1.165, 1.54) is 29.2 Å². The number of amides is 13. The van der Waals surface area contributed by atoms with Gasteiger partial charge in [-0.15, -0.1) is 0 Å². The van der Waals surface area contributed by atoms with E-state index in [-0.39, 0.29) is 114 Å². The quantitative estimate of drug-likeness (QED) is 0.0166. The number of benzene rings is 3. The Morgan fingerprint density at radius 1 is 0.491 bits per heavy atom. The predicted octanol–water partition coefficient (Wildman–Crippen LogP) is -1.96. The van der Waals surface area contributed by atoms with Gasteiger partial charge in [-0.2, -0.15) is 0 Å². The van der Waals surface area contributed by atoms with Crippen LogP contribution in [0.1, 0.15) is 143 Å². The molecule has 23 N–H and O–H groups in total.